The number of nitriles is 1. The lowest BCUT2D eigenvalue weighted by molar-refractivity contribution is -0.137. The summed E-state index contributed by atoms with van der Waals surface area (Å²) < 4.78 is 43.8. The molecule has 32 heavy (non-hydrogen) atoms. The fourth-order valence-corrected chi connectivity index (χ4v) is 3.77. The number of aromatic nitrogens is 1. The van der Waals surface area contributed by atoms with Crippen molar-refractivity contribution < 1.29 is 23.0 Å². The predicted octanol–water partition coefficient (Wildman–Crippen LogP) is 4.79. The fourth-order valence-electron chi connectivity index (χ4n) is 3.77. The number of alkyl halides is 3. The third-order valence-corrected chi connectivity index (χ3v) is 5.43. The van der Waals surface area contributed by atoms with E-state index in [1.165, 1.54) is 6.07 Å². The van der Waals surface area contributed by atoms with Gasteiger partial charge in [-0.1, -0.05) is 18.2 Å². The largest absolute Gasteiger partial charge is 0.472 e. The van der Waals surface area contributed by atoms with E-state index < -0.39 is 11.7 Å². The van der Waals surface area contributed by atoms with E-state index in [0.717, 1.165) is 34.6 Å². The summed E-state index contributed by atoms with van der Waals surface area (Å²) in [6, 6.07) is 17.3. The maximum Gasteiger partial charge on any atom is 0.417 e. The van der Waals surface area contributed by atoms with Gasteiger partial charge in [-0.3, -0.25) is 0 Å². The molecule has 4 rings (SSSR count). The van der Waals surface area contributed by atoms with Crippen LogP contribution < -0.4 is 9.64 Å². The molecule has 164 valence electrons. The zero-order valence-electron chi connectivity index (χ0n) is 17.0. The van der Waals surface area contributed by atoms with Gasteiger partial charge in [0, 0.05) is 36.5 Å². The first kappa shape index (κ1) is 21.7. The summed E-state index contributed by atoms with van der Waals surface area (Å²) in [6.45, 7) is 1.09. The van der Waals surface area contributed by atoms with Crippen molar-refractivity contribution in [2.75, 3.05) is 18.0 Å². The summed E-state index contributed by atoms with van der Waals surface area (Å²) in [5, 5.41) is 18.9. The minimum Gasteiger partial charge on any atom is -0.472 e. The molecule has 3 aromatic rings. The molecule has 1 fully saturated rings. The van der Waals surface area contributed by atoms with Crippen LogP contribution in [0.15, 0.2) is 60.8 Å². The Kier molecular flexibility index (Phi) is 6.01. The third-order valence-electron chi connectivity index (χ3n) is 5.43. The summed E-state index contributed by atoms with van der Waals surface area (Å²) in [5.74, 6) is 0.156. The Labute approximate surface area is 183 Å². The van der Waals surface area contributed by atoms with Crippen molar-refractivity contribution in [1.29, 1.82) is 5.26 Å². The van der Waals surface area contributed by atoms with Crippen LogP contribution in [0.1, 0.15) is 23.1 Å². The van der Waals surface area contributed by atoms with Gasteiger partial charge in [-0.05, 0) is 41.5 Å². The maximum atomic E-state index is 12.7. The molecule has 2 aromatic carbocycles. The number of hydrogen-bond donors (Lipinski definition) is 1. The van der Waals surface area contributed by atoms with Gasteiger partial charge in [0.05, 0.1) is 30.3 Å². The van der Waals surface area contributed by atoms with Crippen molar-refractivity contribution >= 4 is 5.69 Å². The Morgan fingerprint density at radius 1 is 1.09 bits per heavy atom. The van der Waals surface area contributed by atoms with Gasteiger partial charge in [0.2, 0.25) is 5.88 Å². The van der Waals surface area contributed by atoms with Crippen LogP contribution in [0, 0.1) is 11.3 Å². The van der Waals surface area contributed by atoms with E-state index in [0.29, 0.717) is 25.1 Å². The van der Waals surface area contributed by atoms with E-state index in [2.05, 4.69) is 16.0 Å². The molecule has 0 spiro atoms. The fraction of sp³-hybridized carbons (Fsp3) is 0.250. The van der Waals surface area contributed by atoms with Crippen molar-refractivity contribution in [3.8, 4) is 23.1 Å². The average Bonchev–Trinajstić information content (AvgIpc) is 3.26. The average molecular weight is 439 g/mol. The van der Waals surface area contributed by atoms with Gasteiger partial charge in [0.25, 0.3) is 0 Å². The summed E-state index contributed by atoms with van der Waals surface area (Å²) in [5.41, 5.74) is 3.30. The molecule has 1 saturated heterocycles. The minimum absolute atomic E-state index is 0.137. The number of aliphatic hydroxyl groups excluding tert-OH is 1. The normalized spacial score (nSPS) is 16.1. The second kappa shape index (κ2) is 8.89. The molecule has 5 nitrogen and oxygen atoms in total. The van der Waals surface area contributed by atoms with Crippen LogP contribution in [0.2, 0.25) is 0 Å². The van der Waals surface area contributed by atoms with Crippen molar-refractivity contribution in [3.63, 3.8) is 0 Å². The second-order valence-corrected chi connectivity index (χ2v) is 7.55. The molecule has 2 heterocycles. The second-order valence-electron chi connectivity index (χ2n) is 7.55. The highest BCUT2D eigenvalue weighted by atomic mass is 19.4. The van der Waals surface area contributed by atoms with Crippen molar-refractivity contribution in [3.05, 3.63) is 77.5 Å². The zero-order chi connectivity index (χ0) is 22.7. The van der Waals surface area contributed by atoms with E-state index in [1.54, 1.807) is 12.1 Å². The van der Waals surface area contributed by atoms with Gasteiger partial charge >= 0.3 is 6.18 Å². The molecule has 0 aliphatic carbocycles. The van der Waals surface area contributed by atoms with Crippen molar-refractivity contribution in [2.45, 2.75) is 25.3 Å². The minimum atomic E-state index is -4.43. The Bertz CT molecular complexity index is 1120. The molecule has 1 unspecified atom stereocenters. The Morgan fingerprint density at radius 2 is 1.84 bits per heavy atom. The molecule has 0 amide bonds. The van der Waals surface area contributed by atoms with Gasteiger partial charge in [-0.15, -0.1) is 0 Å². The molecule has 0 radical (unpaired) electrons. The highest BCUT2D eigenvalue weighted by Crippen LogP contribution is 2.32. The summed E-state index contributed by atoms with van der Waals surface area (Å²) in [6.07, 6.45) is -3.19. The molecular weight excluding hydrogens is 419 g/mol. The Hall–Kier alpha value is -3.57. The van der Waals surface area contributed by atoms with Gasteiger partial charge < -0.3 is 14.7 Å². The number of hydrogen-bond acceptors (Lipinski definition) is 5. The number of ether oxygens (including phenoxy) is 1. The van der Waals surface area contributed by atoms with Crippen LogP contribution in [0.3, 0.4) is 0 Å². The number of benzene rings is 2. The van der Waals surface area contributed by atoms with Crippen molar-refractivity contribution in [2.24, 2.45) is 0 Å². The first-order valence-corrected chi connectivity index (χ1v) is 10.1. The molecule has 1 aliphatic rings. The van der Waals surface area contributed by atoms with Crippen LogP contribution in [-0.4, -0.2) is 29.3 Å². The van der Waals surface area contributed by atoms with Gasteiger partial charge in [-0.25, -0.2) is 4.98 Å². The van der Waals surface area contributed by atoms with Crippen LogP contribution in [0.4, 0.5) is 18.9 Å². The zero-order valence-corrected chi connectivity index (χ0v) is 17.0. The Balaban J connectivity index is 1.45. The first-order valence-electron chi connectivity index (χ1n) is 10.1. The molecule has 1 aliphatic heterocycles. The lowest BCUT2D eigenvalue weighted by Crippen LogP contribution is -2.25. The number of aliphatic hydroxyl groups is 1. The van der Waals surface area contributed by atoms with E-state index >= 15 is 0 Å². The number of nitrogens with zero attached hydrogens (tertiary/aromatic N) is 3. The molecule has 8 heteroatoms. The molecular formula is C24H20F3N3O2. The third kappa shape index (κ3) is 4.68. The molecule has 1 aromatic heterocycles. The lowest BCUT2D eigenvalue weighted by Gasteiger charge is -2.22. The number of halogens is 3. The monoisotopic (exact) mass is 439 g/mol. The standard InChI is InChI=1S/C24H20F3N3O2/c25-24(26,27)20-6-8-23(29-13-20)32-21-9-10-30(14-21)22-7-5-18(11-19(22)15-31)17-3-1-16(12-28)2-4-17/h1-8,11,13,21,31H,9-10,14-15H2. The lowest BCUT2D eigenvalue weighted by atomic mass is 10.0. The van der Waals surface area contributed by atoms with E-state index in [9.17, 15) is 18.3 Å². The van der Waals surface area contributed by atoms with Crippen LogP contribution in [0.25, 0.3) is 11.1 Å². The predicted molar refractivity (Wildman–Crippen MR) is 113 cm³/mol. The van der Waals surface area contributed by atoms with E-state index in [4.69, 9.17) is 10.00 Å². The molecule has 0 bridgehead atoms. The highest BCUT2D eigenvalue weighted by Gasteiger charge is 2.31. The maximum absolute atomic E-state index is 12.7. The van der Waals surface area contributed by atoms with Crippen molar-refractivity contribution in [1.82, 2.24) is 4.98 Å². The topological polar surface area (TPSA) is 69.4 Å². The Morgan fingerprint density at radius 3 is 2.47 bits per heavy atom. The number of anilines is 1. The van der Waals surface area contributed by atoms with Gasteiger partial charge in [0.1, 0.15) is 6.10 Å². The molecule has 1 N–H and O–H groups in total. The smallest absolute Gasteiger partial charge is 0.417 e. The summed E-state index contributed by atoms with van der Waals surface area (Å²) in [4.78, 5) is 5.86. The first-order chi connectivity index (χ1) is 15.4. The van der Waals surface area contributed by atoms with Crippen LogP contribution in [-0.2, 0) is 12.8 Å². The molecule has 1 atom stereocenters. The quantitative estimate of drug-likeness (QED) is 0.619. The van der Waals surface area contributed by atoms with E-state index in [-0.39, 0.29) is 18.6 Å². The number of pyridine rings is 1. The van der Waals surface area contributed by atoms with Crippen LogP contribution in [0.5, 0.6) is 5.88 Å². The number of rotatable bonds is 5. The summed E-state index contributed by atoms with van der Waals surface area (Å²) in [7, 11) is 0. The summed E-state index contributed by atoms with van der Waals surface area (Å²) >= 11 is 0. The van der Waals surface area contributed by atoms with Gasteiger partial charge in [0.15, 0.2) is 0 Å². The van der Waals surface area contributed by atoms with Gasteiger partial charge in [-0.2, -0.15) is 18.4 Å². The molecule has 0 saturated carbocycles. The SMILES string of the molecule is N#Cc1ccc(-c2ccc(N3CCC(Oc4ccc(C(F)(F)F)cn4)C3)c(CO)c2)cc1. The highest BCUT2D eigenvalue weighted by molar-refractivity contribution is 5.69. The van der Waals surface area contributed by atoms with E-state index in [1.807, 2.05) is 30.3 Å². The van der Waals surface area contributed by atoms with Crippen LogP contribution >= 0.6 is 0 Å².